The number of rotatable bonds is 10. The SMILES string of the molecule is COC(C(=O)O)[P+](=O)C(CCc1ccccc1)NC(=O)OCc1ccccc1. The van der Waals surface area contributed by atoms with Crippen LogP contribution in [0.25, 0.3) is 0 Å². The Morgan fingerprint density at radius 2 is 1.61 bits per heavy atom. The lowest BCUT2D eigenvalue weighted by atomic mass is 10.1. The van der Waals surface area contributed by atoms with Crippen molar-refractivity contribution in [2.24, 2.45) is 0 Å². The van der Waals surface area contributed by atoms with Crippen LogP contribution in [-0.2, 0) is 31.9 Å². The van der Waals surface area contributed by atoms with Crippen LogP contribution >= 0.6 is 7.80 Å². The summed E-state index contributed by atoms with van der Waals surface area (Å²) in [6.45, 7) is 0.0570. The van der Waals surface area contributed by atoms with Crippen molar-refractivity contribution in [2.45, 2.75) is 31.1 Å². The van der Waals surface area contributed by atoms with E-state index in [1.807, 2.05) is 60.7 Å². The third kappa shape index (κ3) is 6.76. The zero-order chi connectivity index (χ0) is 20.4. The monoisotopic (exact) mass is 404 g/mol. The first-order valence-corrected chi connectivity index (χ1v) is 10.1. The van der Waals surface area contributed by atoms with Crippen LogP contribution in [0, 0.1) is 0 Å². The van der Waals surface area contributed by atoms with Crippen LogP contribution in [0.1, 0.15) is 17.5 Å². The van der Waals surface area contributed by atoms with E-state index >= 15 is 0 Å². The van der Waals surface area contributed by atoms with Crippen LogP contribution in [0.3, 0.4) is 0 Å². The summed E-state index contributed by atoms with van der Waals surface area (Å²) in [6.07, 6.45) is 0.0412. The van der Waals surface area contributed by atoms with E-state index in [-0.39, 0.29) is 13.0 Å². The van der Waals surface area contributed by atoms with E-state index in [4.69, 9.17) is 9.47 Å². The predicted molar refractivity (Wildman–Crippen MR) is 104 cm³/mol. The number of ether oxygens (including phenoxy) is 2. The molecule has 0 aliphatic heterocycles. The minimum absolute atomic E-state index is 0.0570. The number of aryl methyl sites for hydroxylation is 1. The third-order valence-corrected chi connectivity index (χ3v) is 5.91. The highest BCUT2D eigenvalue weighted by molar-refractivity contribution is 7.47. The number of methoxy groups -OCH3 is 1. The van der Waals surface area contributed by atoms with Crippen LogP contribution < -0.4 is 5.32 Å². The number of hydrogen-bond donors (Lipinski definition) is 2. The second-order valence-electron chi connectivity index (χ2n) is 6.03. The van der Waals surface area contributed by atoms with Gasteiger partial charge in [-0.2, -0.15) is 0 Å². The second-order valence-corrected chi connectivity index (χ2v) is 7.84. The molecule has 3 unspecified atom stereocenters. The Hall–Kier alpha value is -2.76. The summed E-state index contributed by atoms with van der Waals surface area (Å²) in [7, 11) is -1.25. The van der Waals surface area contributed by atoms with Crippen molar-refractivity contribution >= 4 is 19.9 Å². The molecule has 0 bridgehead atoms. The molecule has 0 heterocycles. The number of alkyl carbamates (subject to hydrolysis) is 1. The molecule has 28 heavy (non-hydrogen) atoms. The maximum Gasteiger partial charge on any atom is 0.410 e. The molecular weight excluding hydrogens is 381 g/mol. The van der Waals surface area contributed by atoms with Gasteiger partial charge in [-0.05, 0) is 17.5 Å². The van der Waals surface area contributed by atoms with Crippen molar-refractivity contribution in [3.8, 4) is 0 Å². The molecule has 2 rings (SSSR count). The minimum atomic E-state index is -2.42. The largest absolute Gasteiger partial charge is 0.476 e. The maximum atomic E-state index is 12.7. The van der Waals surface area contributed by atoms with Crippen LogP contribution in [0.5, 0.6) is 0 Å². The number of carboxylic acids is 1. The van der Waals surface area contributed by atoms with Gasteiger partial charge in [0.05, 0.1) is 0 Å². The first-order chi connectivity index (χ1) is 13.5. The Bertz CT molecular complexity index is 784. The van der Waals surface area contributed by atoms with Gasteiger partial charge in [0.1, 0.15) is 6.61 Å². The van der Waals surface area contributed by atoms with Gasteiger partial charge >= 0.3 is 25.7 Å². The molecule has 0 fully saturated rings. The molecule has 0 saturated heterocycles. The van der Waals surface area contributed by atoms with Gasteiger partial charge in [0.2, 0.25) is 5.78 Å². The van der Waals surface area contributed by atoms with Crippen molar-refractivity contribution < 1.29 is 28.7 Å². The van der Waals surface area contributed by atoms with Crippen molar-refractivity contribution in [3.63, 3.8) is 0 Å². The summed E-state index contributed by atoms with van der Waals surface area (Å²) in [5, 5.41) is 11.7. The lowest BCUT2D eigenvalue weighted by molar-refractivity contribution is -0.143. The molecule has 0 radical (unpaired) electrons. The van der Waals surface area contributed by atoms with Crippen LogP contribution in [-0.4, -0.2) is 35.9 Å². The molecule has 2 aromatic rings. The highest BCUT2D eigenvalue weighted by Crippen LogP contribution is 2.36. The Kier molecular flexibility index (Phi) is 8.59. The van der Waals surface area contributed by atoms with Gasteiger partial charge in [0.15, 0.2) is 0 Å². The molecule has 0 aromatic heterocycles. The van der Waals surface area contributed by atoms with Gasteiger partial charge in [-0.15, -0.1) is 0 Å². The topological polar surface area (TPSA) is 102 Å². The zero-order valence-corrected chi connectivity index (χ0v) is 16.4. The summed E-state index contributed by atoms with van der Waals surface area (Å²) in [4.78, 5) is 23.5. The van der Waals surface area contributed by atoms with Crippen molar-refractivity contribution in [2.75, 3.05) is 7.11 Å². The highest BCUT2D eigenvalue weighted by atomic mass is 31.1. The summed E-state index contributed by atoms with van der Waals surface area (Å²) >= 11 is 0. The smallest absolute Gasteiger partial charge is 0.410 e. The highest BCUT2D eigenvalue weighted by Gasteiger charge is 2.45. The summed E-state index contributed by atoms with van der Waals surface area (Å²) in [6, 6.07) is 18.6. The van der Waals surface area contributed by atoms with Gasteiger partial charge < -0.3 is 14.6 Å². The quantitative estimate of drug-likeness (QED) is 0.585. The van der Waals surface area contributed by atoms with E-state index in [1.165, 1.54) is 7.11 Å². The summed E-state index contributed by atoms with van der Waals surface area (Å²) < 4.78 is 22.7. The van der Waals surface area contributed by atoms with E-state index in [2.05, 4.69) is 5.32 Å². The fourth-order valence-corrected chi connectivity index (χ4v) is 3.96. The van der Waals surface area contributed by atoms with Crippen LogP contribution in [0.15, 0.2) is 60.7 Å². The van der Waals surface area contributed by atoms with Gasteiger partial charge in [-0.3, -0.25) is 5.32 Å². The van der Waals surface area contributed by atoms with Gasteiger partial charge in [0, 0.05) is 13.5 Å². The maximum absolute atomic E-state index is 12.7. The molecular formula is C20H23NO6P+. The van der Waals surface area contributed by atoms with Crippen molar-refractivity contribution in [3.05, 3.63) is 71.8 Å². The van der Waals surface area contributed by atoms with E-state index in [1.54, 1.807) is 0 Å². The second kappa shape index (κ2) is 11.2. The van der Waals surface area contributed by atoms with Gasteiger partial charge in [-0.1, -0.05) is 65.2 Å². The Labute approximate surface area is 164 Å². The molecule has 0 saturated carbocycles. The molecule has 8 heteroatoms. The molecule has 2 N–H and O–H groups in total. The normalized spacial score (nSPS) is 13.2. The van der Waals surface area contributed by atoms with Gasteiger partial charge in [0.25, 0.3) is 0 Å². The van der Waals surface area contributed by atoms with E-state index in [0.29, 0.717) is 6.42 Å². The summed E-state index contributed by atoms with van der Waals surface area (Å²) in [5.41, 5.74) is 1.79. The number of carbonyl (C=O) groups is 2. The average Bonchev–Trinajstić information content (AvgIpc) is 2.71. The Morgan fingerprint density at radius 3 is 2.14 bits per heavy atom. The van der Waals surface area contributed by atoms with E-state index in [0.717, 1.165) is 11.1 Å². The first-order valence-electron chi connectivity index (χ1n) is 8.73. The Balaban J connectivity index is 2.02. The number of carboxylic acid groups (broad SMARTS) is 1. The molecule has 3 atom stereocenters. The molecule has 2 aromatic carbocycles. The fraction of sp³-hybridized carbons (Fsp3) is 0.300. The number of nitrogens with one attached hydrogen (secondary N) is 1. The van der Waals surface area contributed by atoms with Crippen molar-refractivity contribution in [1.82, 2.24) is 5.32 Å². The molecule has 148 valence electrons. The lowest BCUT2D eigenvalue weighted by Gasteiger charge is -2.13. The number of carbonyl (C=O) groups excluding carboxylic acids is 1. The van der Waals surface area contributed by atoms with Crippen LogP contribution in [0.2, 0.25) is 0 Å². The van der Waals surface area contributed by atoms with E-state index < -0.39 is 31.5 Å². The number of hydrogen-bond acceptors (Lipinski definition) is 5. The minimum Gasteiger partial charge on any atom is -0.476 e. The van der Waals surface area contributed by atoms with Crippen LogP contribution in [0.4, 0.5) is 4.79 Å². The lowest BCUT2D eigenvalue weighted by Crippen LogP contribution is -2.36. The zero-order valence-electron chi connectivity index (χ0n) is 15.5. The Morgan fingerprint density at radius 1 is 1.04 bits per heavy atom. The van der Waals surface area contributed by atoms with Gasteiger partial charge in [-0.25, -0.2) is 9.59 Å². The average molecular weight is 404 g/mol. The summed E-state index contributed by atoms with van der Waals surface area (Å²) in [5.74, 6) is -3.75. The van der Waals surface area contributed by atoms with Crippen molar-refractivity contribution in [1.29, 1.82) is 0 Å². The molecule has 0 spiro atoms. The number of amides is 1. The van der Waals surface area contributed by atoms with E-state index in [9.17, 15) is 19.3 Å². The number of aliphatic carboxylic acids is 1. The third-order valence-electron chi connectivity index (χ3n) is 4.02. The number of benzene rings is 2. The first kappa shape index (κ1) is 21.5. The standard InChI is InChI=1S/C20H22NO6P/c1-26-19(18(22)23)28(25)17(13-12-15-8-4-2-5-9-15)21-20(24)27-14-16-10-6-3-7-11-16/h2-11,17,19H,12-14H2,1H3,(H-,21,22,23,24)/p+1. The predicted octanol–water partition coefficient (Wildman–Crippen LogP) is 3.76. The molecule has 0 aliphatic rings. The molecule has 7 nitrogen and oxygen atoms in total. The fourth-order valence-electron chi connectivity index (χ4n) is 2.59. The molecule has 1 amide bonds. The molecule has 0 aliphatic carbocycles.